The maximum atomic E-state index is 10.5. The Morgan fingerprint density at radius 1 is 1.28 bits per heavy atom. The minimum Gasteiger partial charge on any atom is -0.491 e. The molecular formula is C23H34N4O2. The number of hydrogen-bond acceptors (Lipinski definition) is 5. The highest BCUT2D eigenvalue weighted by molar-refractivity contribution is 5.33. The lowest BCUT2D eigenvalue weighted by Crippen LogP contribution is -2.40. The molecule has 6 nitrogen and oxygen atoms in total. The molecule has 1 saturated carbocycles. The Morgan fingerprint density at radius 3 is 2.97 bits per heavy atom. The number of ether oxygens (including phenoxy) is 1. The Bertz CT molecular complexity index is 772. The van der Waals surface area contributed by atoms with Crippen LogP contribution in [0.25, 0.3) is 0 Å². The van der Waals surface area contributed by atoms with E-state index in [0.717, 1.165) is 31.8 Å². The third-order valence-corrected chi connectivity index (χ3v) is 6.37. The third-order valence-electron chi connectivity index (χ3n) is 6.37. The highest BCUT2D eigenvalue weighted by Crippen LogP contribution is 2.24. The van der Waals surface area contributed by atoms with Gasteiger partial charge in [0, 0.05) is 55.5 Å². The van der Waals surface area contributed by atoms with Crippen LogP contribution in [0, 0.1) is 0 Å². The molecule has 1 fully saturated rings. The van der Waals surface area contributed by atoms with Gasteiger partial charge in [0.2, 0.25) is 0 Å². The lowest BCUT2D eigenvalue weighted by Gasteiger charge is -2.32. The first-order chi connectivity index (χ1) is 14.2. The molecule has 1 aliphatic carbocycles. The monoisotopic (exact) mass is 398 g/mol. The van der Waals surface area contributed by atoms with E-state index in [1.165, 1.54) is 48.9 Å². The molecule has 4 rings (SSSR count). The zero-order valence-corrected chi connectivity index (χ0v) is 17.5. The summed E-state index contributed by atoms with van der Waals surface area (Å²) >= 11 is 0. The van der Waals surface area contributed by atoms with Gasteiger partial charge < -0.3 is 14.7 Å². The van der Waals surface area contributed by atoms with Crippen LogP contribution in [0.2, 0.25) is 0 Å². The van der Waals surface area contributed by atoms with Gasteiger partial charge in [-0.1, -0.05) is 37.5 Å². The molecule has 1 aromatic heterocycles. The van der Waals surface area contributed by atoms with Gasteiger partial charge in [0.1, 0.15) is 18.5 Å². The molecule has 6 heteroatoms. The number of aliphatic hydroxyl groups is 1. The number of nitrogens with one attached hydrogen (secondary N) is 1. The van der Waals surface area contributed by atoms with Crippen LogP contribution in [-0.2, 0) is 19.5 Å². The number of fused-ring (bicyclic) bond motifs is 1. The fourth-order valence-electron chi connectivity index (χ4n) is 4.67. The topological polar surface area (TPSA) is 64.6 Å². The van der Waals surface area contributed by atoms with E-state index in [9.17, 15) is 5.11 Å². The quantitative estimate of drug-likeness (QED) is 0.716. The van der Waals surface area contributed by atoms with Crippen molar-refractivity contribution in [1.29, 1.82) is 0 Å². The second-order valence-corrected chi connectivity index (χ2v) is 8.64. The normalized spacial score (nSPS) is 19.3. The van der Waals surface area contributed by atoms with Gasteiger partial charge in [-0.2, -0.15) is 5.10 Å². The second-order valence-electron chi connectivity index (χ2n) is 8.64. The van der Waals surface area contributed by atoms with E-state index < -0.39 is 6.10 Å². The molecule has 1 atom stereocenters. The van der Waals surface area contributed by atoms with Crippen molar-refractivity contribution in [1.82, 2.24) is 20.0 Å². The van der Waals surface area contributed by atoms with Gasteiger partial charge in [0.05, 0.1) is 6.20 Å². The van der Waals surface area contributed by atoms with Crippen molar-refractivity contribution in [2.24, 2.45) is 0 Å². The van der Waals surface area contributed by atoms with Crippen LogP contribution in [0.4, 0.5) is 0 Å². The molecule has 1 aromatic carbocycles. The van der Waals surface area contributed by atoms with Crippen LogP contribution in [-0.4, -0.2) is 64.0 Å². The van der Waals surface area contributed by atoms with E-state index in [1.807, 2.05) is 18.3 Å². The Hall–Kier alpha value is -1.89. The van der Waals surface area contributed by atoms with Crippen LogP contribution < -0.4 is 4.74 Å². The second kappa shape index (κ2) is 9.74. The van der Waals surface area contributed by atoms with E-state index >= 15 is 0 Å². The number of para-hydroxylation sites is 1. The highest BCUT2D eigenvalue weighted by atomic mass is 16.5. The summed E-state index contributed by atoms with van der Waals surface area (Å²) in [6.45, 7) is 3.77. The predicted molar refractivity (Wildman–Crippen MR) is 114 cm³/mol. The van der Waals surface area contributed by atoms with Gasteiger partial charge in [0.25, 0.3) is 0 Å². The average Bonchev–Trinajstić information content (AvgIpc) is 3.21. The van der Waals surface area contributed by atoms with Gasteiger partial charge in [-0.05, 0) is 26.0 Å². The van der Waals surface area contributed by atoms with E-state index in [2.05, 4.69) is 39.2 Å². The number of hydrogen-bond donors (Lipinski definition) is 2. The number of aromatic nitrogens is 2. The Morgan fingerprint density at radius 2 is 2.10 bits per heavy atom. The number of benzene rings is 1. The first-order valence-corrected chi connectivity index (χ1v) is 11.0. The maximum Gasteiger partial charge on any atom is 0.123 e. The molecule has 1 aliphatic heterocycles. The summed E-state index contributed by atoms with van der Waals surface area (Å²) in [6.07, 6.45) is 8.94. The van der Waals surface area contributed by atoms with Gasteiger partial charge in [0.15, 0.2) is 0 Å². The fourth-order valence-corrected chi connectivity index (χ4v) is 4.67. The van der Waals surface area contributed by atoms with Crippen molar-refractivity contribution in [3.05, 3.63) is 47.3 Å². The zero-order valence-electron chi connectivity index (χ0n) is 17.5. The van der Waals surface area contributed by atoms with Gasteiger partial charge in [-0.15, -0.1) is 0 Å². The van der Waals surface area contributed by atoms with Crippen molar-refractivity contribution in [2.75, 3.05) is 26.7 Å². The van der Waals surface area contributed by atoms with Crippen molar-refractivity contribution >= 4 is 0 Å². The van der Waals surface area contributed by atoms with E-state index in [-0.39, 0.29) is 0 Å². The van der Waals surface area contributed by atoms with E-state index in [0.29, 0.717) is 19.2 Å². The summed E-state index contributed by atoms with van der Waals surface area (Å²) in [5, 5.41) is 17.8. The number of nitrogens with zero attached hydrogens (tertiary/aromatic N) is 3. The molecule has 158 valence electrons. The number of rotatable bonds is 8. The van der Waals surface area contributed by atoms with Crippen molar-refractivity contribution in [3.8, 4) is 5.75 Å². The van der Waals surface area contributed by atoms with Crippen molar-refractivity contribution in [2.45, 2.75) is 63.8 Å². The standard InChI is InChI=1S/C23H34N4O2/c1-26(20-8-3-2-4-9-20)16-21(28)17-29-23-10-6-5-7-18(23)14-27-12-11-22-19(15-27)13-24-25-22/h5-7,10,13,20-21,28H,2-4,8-9,11-12,14-17H2,1H3,(H,24,25)/t21-/m1/s1. The molecule has 2 heterocycles. The molecule has 0 saturated heterocycles. The fraction of sp³-hybridized carbons (Fsp3) is 0.609. The lowest BCUT2D eigenvalue weighted by atomic mass is 9.94. The highest BCUT2D eigenvalue weighted by Gasteiger charge is 2.21. The minimum absolute atomic E-state index is 0.333. The molecule has 0 spiro atoms. The van der Waals surface area contributed by atoms with Crippen LogP contribution in [0.3, 0.4) is 0 Å². The summed E-state index contributed by atoms with van der Waals surface area (Å²) in [7, 11) is 2.13. The first-order valence-electron chi connectivity index (χ1n) is 11.0. The van der Waals surface area contributed by atoms with Crippen LogP contribution in [0.15, 0.2) is 30.5 Å². The average molecular weight is 399 g/mol. The van der Waals surface area contributed by atoms with Crippen molar-refractivity contribution < 1.29 is 9.84 Å². The largest absolute Gasteiger partial charge is 0.491 e. The van der Waals surface area contributed by atoms with Gasteiger partial charge >= 0.3 is 0 Å². The smallest absolute Gasteiger partial charge is 0.123 e. The Kier molecular flexibility index (Phi) is 6.85. The molecule has 29 heavy (non-hydrogen) atoms. The summed E-state index contributed by atoms with van der Waals surface area (Å²) in [5.41, 5.74) is 3.72. The summed E-state index contributed by atoms with van der Waals surface area (Å²) in [5.74, 6) is 0.880. The molecule has 0 unspecified atom stereocenters. The summed E-state index contributed by atoms with van der Waals surface area (Å²) in [6, 6.07) is 8.81. The predicted octanol–water partition coefficient (Wildman–Crippen LogP) is 2.97. The van der Waals surface area contributed by atoms with Gasteiger partial charge in [-0.3, -0.25) is 10.00 Å². The number of aliphatic hydroxyl groups excluding tert-OH is 1. The Balaban J connectivity index is 1.29. The van der Waals surface area contributed by atoms with Crippen molar-refractivity contribution in [3.63, 3.8) is 0 Å². The SMILES string of the molecule is CN(C[C@@H](O)COc1ccccc1CN1CCc2[nH]ncc2C1)C1CCCCC1. The Labute approximate surface area is 173 Å². The molecule has 2 aromatic rings. The number of likely N-dealkylation sites (N-methyl/N-ethyl adjacent to an activating group) is 1. The minimum atomic E-state index is -0.474. The third kappa shape index (κ3) is 5.38. The molecule has 2 aliphatic rings. The first kappa shape index (κ1) is 20.4. The number of aromatic amines is 1. The molecule has 0 bridgehead atoms. The maximum absolute atomic E-state index is 10.5. The summed E-state index contributed by atoms with van der Waals surface area (Å²) < 4.78 is 6.06. The number of H-pyrrole nitrogens is 1. The van der Waals surface area contributed by atoms with Crippen LogP contribution >= 0.6 is 0 Å². The van der Waals surface area contributed by atoms with Gasteiger partial charge in [-0.25, -0.2) is 0 Å². The van der Waals surface area contributed by atoms with Crippen LogP contribution in [0.5, 0.6) is 5.75 Å². The lowest BCUT2D eigenvalue weighted by molar-refractivity contribution is 0.0556. The van der Waals surface area contributed by atoms with E-state index in [1.54, 1.807) is 0 Å². The summed E-state index contributed by atoms with van der Waals surface area (Å²) in [4.78, 5) is 4.74. The molecular weight excluding hydrogens is 364 g/mol. The molecule has 0 radical (unpaired) electrons. The molecule has 2 N–H and O–H groups in total. The van der Waals surface area contributed by atoms with E-state index in [4.69, 9.17) is 4.74 Å². The van der Waals surface area contributed by atoms with Crippen LogP contribution in [0.1, 0.15) is 48.9 Å². The molecule has 0 amide bonds. The zero-order chi connectivity index (χ0) is 20.1.